The zero-order valence-corrected chi connectivity index (χ0v) is 14.1. The lowest BCUT2D eigenvalue weighted by molar-refractivity contribution is -0.130. The highest BCUT2D eigenvalue weighted by Gasteiger charge is 2.27. The van der Waals surface area contributed by atoms with Gasteiger partial charge in [0.05, 0.1) is 12.2 Å². The largest absolute Gasteiger partial charge is 0.393 e. The molecule has 0 aromatic carbocycles. The molecule has 4 atom stereocenters. The Morgan fingerprint density at radius 1 is 1.23 bits per heavy atom. The van der Waals surface area contributed by atoms with Crippen molar-refractivity contribution in [3.05, 3.63) is 0 Å². The summed E-state index contributed by atoms with van der Waals surface area (Å²) in [5.74, 6) is 0.779. The molecule has 22 heavy (non-hydrogen) atoms. The minimum atomic E-state index is -0.116. The minimum Gasteiger partial charge on any atom is -0.393 e. The van der Waals surface area contributed by atoms with E-state index in [0.717, 1.165) is 70.9 Å². The molecule has 4 heteroatoms. The summed E-state index contributed by atoms with van der Waals surface area (Å²) in [6.07, 6.45) is 10.6. The fourth-order valence-electron chi connectivity index (χ4n) is 3.89. The van der Waals surface area contributed by atoms with E-state index in [2.05, 4.69) is 12.2 Å². The molecule has 1 heterocycles. The second-order valence-electron chi connectivity index (χ2n) is 7.05. The maximum atomic E-state index is 12.2. The van der Waals surface area contributed by atoms with Gasteiger partial charge in [-0.25, -0.2) is 0 Å². The molecule has 4 unspecified atom stereocenters. The lowest BCUT2D eigenvalue weighted by Crippen LogP contribution is -2.38. The van der Waals surface area contributed by atoms with Crippen molar-refractivity contribution in [2.75, 3.05) is 13.2 Å². The summed E-state index contributed by atoms with van der Waals surface area (Å²) in [5, 5.41) is 13.1. The third kappa shape index (κ3) is 5.54. The van der Waals surface area contributed by atoms with Crippen molar-refractivity contribution in [2.24, 2.45) is 11.8 Å². The lowest BCUT2D eigenvalue weighted by Gasteiger charge is -2.29. The molecule has 2 aliphatic rings. The second kappa shape index (κ2) is 9.51. The van der Waals surface area contributed by atoms with E-state index in [4.69, 9.17) is 4.74 Å². The van der Waals surface area contributed by atoms with Crippen molar-refractivity contribution < 1.29 is 14.6 Å². The Morgan fingerprint density at radius 3 is 2.82 bits per heavy atom. The summed E-state index contributed by atoms with van der Waals surface area (Å²) < 4.78 is 5.71. The first-order valence-corrected chi connectivity index (χ1v) is 9.28. The molecular weight excluding hydrogens is 278 g/mol. The van der Waals surface area contributed by atoms with Crippen LogP contribution in [0.4, 0.5) is 0 Å². The first-order chi connectivity index (χ1) is 10.7. The van der Waals surface area contributed by atoms with Crippen LogP contribution in [0.25, 0.3) is 0 Å². The van der Waals surface area contributed by atoms with Gasteiger partial charge >= 0.3 is 0 Å². The van der Waals surface area contributed by atoms with Crippen LogP contribution in [0.5, 0.6) is 0 Å². The normalized spacial score (nSPS) is 32.6. The second-order valence-corrected chi connectivity index (χ2v) is 7.05. The SMILES string of the molecule is CCCC1CC(C(=O)NCCCC2CCCCC2O)CCO1. The van der Waals surface area contributed by atoms with Crippen LogP contribution in [0, 0.1) is 11.8 Å². The van der Waals surface area contributed by atoms with Crippen LogP contribution in [0.15, 0.2) is 0 Å². The zero-order chi connectivity index (χ0) is 15.8. The Kier molecular flexibility index (Phi) is 7.67. The third-order valence-corrected chi connectivity index (χ3v) is 5.27. The van der Waals surface area contributed by atoms with E-state index < -0.39 is 0 Å². The maximum absolute atomic E-state index is 12.2. The first-order valence-electron chi connectivity index (χ1n) is 9.28. The van der Waals surface area contributed by atoms with Gasteiger partial charge in [-0.1, -0.05) is 26.2 Å². The highest BCUT2D eigenvalue weighted by Crippen LogP contribution is 2.28. The van der Waals surface area contributed by atoms with Gasteiger partial charge in [0.2, 0.25) is 5.91 Å². The van der Waals surface area contributed by atoms with Crippen molar-refractivity contribution in [3.8, 4) is 0 Å². The fourth-order valence-corrected chi connectivity index (χ4v) is 3.89. The summed E-state index contributed by atoms with van der Waals surface area (Å²) in [6, 6.07) is 0. The van der Waals surface area contributed by atoms with Crippen LogP contribution in [-0.4, -0.2) is 36.4 Å². The Labute approximate surface area is 135 Å². The average Bonchev–Trinajstić information content (AvgIpc) is 2.53. The van der Waals surface area contributed by atoms with Gasteiger partial charge in [-0.3, -0.25) is 4.79 Å². The van der Waals surface area contributed by atoms with Gasteiger partial charge in [-0.2, -0.15) is 0 Å². The number of rotatable bonds is 7. The molecule has 0 bridgehead atoms. The number of hydrogen-bond donors (Lipinski definition) is 2. The molecule has 4 nitrogen and oxygen atoms in total. The van der Waals surface area contributed by atoms with E-state index in [1.54, 1.807) is 0 Å². The van der Waals surface area contributed by atoms with Crippen LogP contribution < -0.4 is 5.32 Å². The van der Waals surface area contributed by atoms with E-state index in [9.17, 15) is 9.90 Å². The number of aliphatic hydroxyl groups excluding tert-OH is 1. The Bertz CT molecular complexity index is 332. The van der Waals surface area contributed by atoms with Crippen molar-refractivity contribution in [2.45, 2.75) is 83.3 Å². The van der Waals surface area contributed by atoms with Crippen LogP contribution in [-0.2, 0) is 9.53 Å². The summed E-state index contributed by atoms with van der Waals surface area (Å²) in [4.78, 5) is 12.2. The first kappa shape index (κ1) is 17.7. The summed E-state index contributed by atoms with van der Waals surface area (Å²) in [6.45, 7) is 3.63. The van der Waals surface area contributed by atoms with Gasteiger partial charge in [0.1, 0.15) is 0 Å². The van der Waals surface area contributed by atoms with E-state index in [-0.39, 0.29) is 24.0 Å². The predicted octanol–water partition coefficient (Wildman–Crippen LogP) is 3.03. The van der Waals surface area contributed by atoms with Crippen LogP contribution in [0.3, 0.4) is 0 Å². The van der Waals surface area contributed by atoms with Gasteiger partial charge in [0.15, 0.2) is 0 Å². The summed E-state index contributed by atoms with van der Waals surface area (Å²) in [7, 11) is 0. The molecule has 0 radical (unpaired) electrons. The van der Waals surface area contributed by atoms with Crippen molar-refractivity contribution in [1.82, 2.24) is 5.32 Å². The molecule has 1 saturated carbocycles. The molecule has 1 amide bonds. The Morgan fingerprint density at radius 2 is 2.05 bits per heavy atom. The number of amides is 1. The average molecular weight is 311 g/mol. The van der Waals surface area contributed by atoms with Gasteiger partial charge in [-0.05, 0) is 50.9 Å². The monoisotopic (exact) mass is 311 g/mol. The number of carbonyl (C=O) groups excluding carboxylic acids is 1. The topological polar surface area (TPSA) is 58.6 Å². The van der Waals surface area contributed by atoms with Crippen LogP contribution >= 0.6 is 0 Å². The smallest absolute Gasteiger partial charge is 0.223 e. The number of aliphatic hydroxyl groups is 1. The lowest BCUT2D eigenvalue weighted by atomic mass is 9.83. The predicted molar refractivity (Wildman–Crippen MR) is 87.6 cm³/mol. The molecule has 0 spiro atoms. The van der Waals surface area contributed by atoms with Gasteiger partial charge in [0, 0.05) is 19.1 Å². The van der Waals surface area contributed by atoms with E-state index in [1.165, 1.54) is 6.42 Å². The molecule has 0 aromatic heterocycles. The van der Waals surface area contributed by atoms with Gasteiger partial charge in [0.25, 0.3) is 0 Å². The van der Waals surface area contributed by atoms with Crippen molar-refractivity contribution >= 4 is 5.91 Å². The summed E-state index contributed by atoms with van der Waals surface area (Å²) >= 11 is 0. The minimum absolute atomic E-state index is 0.116. The van der Waals surface area contributed by atoms with Crippen LogP contribution in [0.2, 0.25) is 0 Å². The van der Waals surface area contributed by atoms with E-state index in [0.29, 0.717) is 5.92 Å². The quantitative estimate of drug-likeness (QED) is 0.711. The van der Waals surface area contributed by atoms with Crippen molar-refractivity contribution in [3.63, 3.8) is 0 Å². The van der Waals surface area contributed by atoms with E-state index in [1.807, 2.05) is 0 Å². The highest BCUT2D eigenvalue weighted by atomic mass is 16.5. The molecule has 2 fully saturated rings. The Hall–Kier alpha value is -0.610. The fraction of sp³-hybridized carbons (Fsp3) is 0.944. The van der Waals surface area contributed by atoms with E-state index >= 15 is 0 Å². The van der Waals surface area contributed by atoms with Crippen molar-refractivity contribution in [1.29, 1.82) is 0 Å². The highest BCUT2D eigenvalue weighted by molar-refractivity contribution is 5.78. The number of carbonyl (C=O) groups is 1. The Balaban J connectivity index is 1.60. The molecule has 1 aliphatic carbocycles. The zero-order valence-electron chi connectivity index (χ0n) is 14.1. The molecule has 1 aliphatic heterocycles. The number of ether oxygens (including phenoxy) is 1. The molecule has 128 valence electrons. The number of nitrogens with one attached hydrogen (secondary N) is 1. The molecule has 1 saturated heterocycles. The number of hydrogen-bond acceptors (Lipinski definition) is 3. The molecular formula is C18H33NO3. The molecule has 2 N–H and O–H groups in total. The molecule has 2 rings (SSSR count). The summed E-state index contributed by atoms with van der Waals surface area (Å²) in [5.41, 5.74) is 0. The van der Waals surface area contributed by atoms with Gasteiger partial charge < -0.3 is 15.2 Å². The van der Waals surface area contributed by atoms with Gasteiger partial charge in [-0.15, -0.1) is 0 Å². The maximum Gasteiger partial charge on any atom is 0.223 e. The molecule has 0 aromatic rings. The standard InChI is InChI=1S/C18H33NO3/c1-2-6-16-13-15(10-12-22-16)18(21)19-11-5-8-14-7-3-4-9-17(14)20/h14-17,20H,2-13H2,1H3,(H,19,21). The van der Waals surface area contributed by atoms with Crippen LogP contribution in [0.1, 0.15) is 71.1 Å². The third-order valence-electron chi connectivity index (χ3n) is 5.27.